The molecule has 0 bridgehead atoms. The standard InChI is InChI=1S/C7H11F2/c1-7(8,9)5-6-3-2-4-6/h6H,1-5H2. The number of alkyl halides is 2. The molecule has 0 saturated heterocycles. The number of rotatable bonds is 2. The number of halogens is 2. The van der Waals surface area contributed by atoms with Gasteiger partial charge in [-0.15, -0.1) is 0 Å². The van der Waals surface area contributed by atoms with E-state index in [0.29, 0.717) is 0 Å². The fourth-order valence-corrected chi connectivity index (χ4v) is 1.12. The van der Waals surface area contributed by atoms with Gasteiger partial charge >= 0.3 is 0 Å². The highest BCUT2D eigenvalue weighted by Crippen LogP contribution is 2.35. The maximum Gasteiger partial charge on any atom is 0.248 e. The van der Waals surface area contributed by atoms with Crippen LogP contribution in [0.3, 0.4) is 0 Å². The van der Waals surface area contributed by atoms with Gasteiger partial charge in [0.1, 0.15) is 0 Å². The average Bonchev–Trinajstić information content (AvgIpc) is 1.53. The molecule has 1 rings (SSSR count). The van der Waals surface area contributed by atoms with E-state index in [2.05, 4.69) is 6.92 Å². The summed E-state index contributed by atoms with van der Waals surface area (Å²) >= 11 is 0. The summed E-state index contributed by atoms with van der Waals surface area (Å²) in [6, 6.07) is 0. The minimum atomic E-state index is -2.68. The largest absolute Gasteiger partial charge is 0.248 e. The van der Waals surface area contributed by atoms with Crippen molar-refractivity contribution in [1.82, 2.24) is 0 Å². The highest BCUT2D eigenvalue weighted by atomic mass is 19.3. The second kappa shape index (κ2) is 2.24. The molecule has 1 radical (unpaired) electrons. The van der Waals surface area contributed by atoms with Crippen LogP contribution in [0.1, 0.15) is 25.7 Å². The lowest BCUT2D eigenvalue weighted by atomic mass is 9.81. The van der Waals surface area contributed by atoms with Crippen LogP contribution in [0, 0.1) is 12.8 Å². The first kappa shape index (κ1) is 6.97. The van der Waals surface area contributed by atoms with Gasteiger partial charge in [-0.05, 0) is 5.92 Å². The summed E-state index contributed by atoms with van der Waals surface area (Å²) in [5, 5.41) is 0. The highest BCUT2D eigenvalue weighted by molar-refractivity contribution is 4.78. The van der Waals surface area contributed by atoms with Gasteiger partial charge in [-0.1, -0.05) is 19.3 Å². The van der Waals surface area contributed by atoms with Gasteiger partial charge in [0, 0.05) is 13.3 Å². The Morgan fingerprint density at radius 2 is 2.00 bits per heavy atom. The van der Waals surface area contributed by atoms with E-state index in [0.717, 1.165) is 19.3 Å². The Morgan fingerprint density at radius 3 is 2.11 bits per heavy atom. The van der Waals surface area contributed by atoms with E-state index in [4.69, 9.17) is 0 Å². The van der Waals surface area contributed by atoms with Gasteiger partial charge in [0.05, 0.1) is 0 Å². The monoisotopic (exact) mass is 133 g/mol. The molecular formula is C7H11F2. The predicted molar refractivity (Wildman–Crippen MR) is 32.3 cm³/mol. The molecular weight excluding hydrogens is 122 g/mol. The van der Waals surface area contributed by atoms with Crippen LogP contribution < -0.4 is 0 Å². The third-order valence-corrected chi connectivity index (χ3v) is 1.81. The molecule has 0 amide bonds. The second-order valence-electron chi connectivity index (χ2n) is 2.86. The highest BCUT2D eigenvalue weighted by Gasteiger charge is 2.29. The maximum atomic E-state index is 12.1. The van der Waals surface area contributed by atoms with Crippen molar-refractivity contribution < 1.29 is 8.78 Å². The summed E-state index contributed by atoms with van der Waals surface area (Å²) in [5.41, 5.74) is 0. The van der Waals surface area contributed by atoms with E-state index in [1.807, 2.05) is 0 Å². The van der Waals surface area contributed by atoms with E-state index < -0.39 is 5.92 Å². The van der Waals surface area contributed by atoms with Crippen LogP contribution in [0.2, 0.25) is 0 Å². The Kier molecular flexibility index (Phi) is 1.73. The molecule has 0 aromatic carbocycles. The van der Waals surface area contributed by atoms with Crippen molar-refractivity contribution in [2.45, 2.75) is 31.6 Å². The van der Waals surface area contributed by atoms with Crippen LogP contribution in [0.4, 0.5) is 8.78 Å². The molecule has 0 unspecified atom stereocenters. The van der Waals surface area contributed by atoms with Crippen LogP contribution in [0.15, 0.2) is 0 Å². The summed E-state index contributed by atoms with van der Waals surface area (Å²) in [5.74, 6) is -2.41. The molecule has 1 fully saturated rings. The summed E-state index contributed by atoms with van der Waals surface area (Å²) in [6.07, 6.45) is 3.07. The van der Waals surface area contributed by atoms with Crippen molar-refractivity contribution in [2.75, 3.05) is 0 Å². The van der Waals surface area contributed by atoms with Crippen molar-refractivity contribution in [3.05, 3.63) is 6.92 Å². The Balaban J connectivity index is 2.16. The van der Waals surface area contributed by atoms with Gasteiger partial charge in [-0.25, -0.2) is 8.78 Å². The smallest absolute Gasteiger partial charge is 0.207 e. The Morgan fingerprint density at radius 1 is 1.44 bits per heavy atom. The fourth-order valence-electron chi connectivity index (χ4n) is 1.12. The van der Waals surface area contributed by atoms with Crippen molar-refractivity contribution in [2.24, 2.45) is 5.92 Å². The van der Waals surface area contributed by atoms with Gasteiger partial charge in [-0.3, -0.25) is 0 Å². The quantitative estimate of drug-likeness (QED) is 0.543. The van der Waals surface area contributed by atoms with Crippen molar-refractivity contribution in [1.29, 1.82) is 0 Å². The third kappa shape index (κ3) is 2.29. The molecule has 0 heterocycles. The van der Waals surface area contributed by atoms with Gasteiger partial charge < -0.3 is 0 Å². The molecule has 1 aliphatic rings. The lowest BCUT2D eigenvalue weighted by Gasteiger charge is -2.27. The second-order valence-corrected chi connectivity index (χ2v) is 2.86. The zero-order valence-corrected chi connectivity index (χ0v) is 5.37. The van der Waals surface area contributed by atoms with Crippen molar-refractivity contribution >= 4 is 0 Å². The molecule has 1 aliphatic carbocycles. The van der Waals surface area contributed by atoms with Gasteiger partial charge in [0.2, 0.25) is 5.92 Å². The van der Waals surface area contributed by atoms with Crippen LogP contribution in [0.25, 0.3) is 0 Å². The van der Waals surface area contributed by atoms with Crippen molar-refractivity contribution in [3.8, 4) is 0 Å². The van der Waals surface area contributed by atoms with Crippen LogP contribution in [-0.4, -0.2) is 5.92 Å². The van der Waals surface area contributed by atoms with Crippen molar-refractivity contribution in [3.63, 3.8) is 0 Å². The lowest BCUT2D eigenvalue weighted by molar-refractivity contribution is 0.0109. The third-order valence-electron chi connectivity index (χ3n) is 1.81. The fraction of sp³-hybridized carbons (Fsp3) is 0.857. The SMILES string of the molecule is [CH2]C(F)(F)CC1CCC1. The van der Waals surface area contributed by atoms with Gasteiger partial charge in [-0.2, -0.15) is 0 Å². The molecule has 0 N–H and O–H groups in total. The van der Waals surface area contributed by atoms with E-state index >= 15 is 0 Å². The first-order valence-corrected chi connectivity index (χ1v) is 3.31. The number of hydrogen-bond acceptors (Lipinski definition) is 0. The molecule has 53 valence electrons. The van der Waals surface area contributed by atoms with Crippen LogP contribution in [-0.2, 0) is 0 Å². The molecule has 0 aromatic rings. The summed E-state index contributed by atoms with van der Waals surface area (Å²) < 4.78 is 24.2. The summed E-state index contributed by atoms with van der Waals surface area (Å²) in [7, 11) is 0. The predicted octanol–water partition coefficient (Wildman–Crippen LogP) is 2.65. The first-order chi connectivity index (χ1) is 4.08. The molecule has 2 heteroatoms. The summed E-state index contributed by atoms with van der Waals surface area (Å²) in [6.45, 7) is 2.76. The maximum absolute atomic E-state index is 12.1. The molecule has 0 spiro atoms. The minimum absolute atomic E-state index is 0.00694. The van der Waals surface area contributed by atoms with E-state index in [9.17, 15) is 8.78 Å². The lowest BCUT2D eigenvalue weighted by Crippen LogP contribution is -2.21. The van der Waals surface area contributed by atoms with Crippen LogP contribution >= 0.6 is 0 Å². The minimum Gasteiger partial charge on any atom is -0.207 e. The number of hydrogen-bond donors (Lipinski definition) is 0. The summed E-state index contributed by atoms with van der Waals surface area (Å²) in [4.78, 5) is 0. The molecule has 1 saturated carbocycles. The molecule has 0 aliphatic heterocycles. The van der Waals surface area contributed by atoms with E-state index in [1.54, 1.807) is 0 Å². The average molecular weight is 133 g/mol. The zero-order valence-electron chi connectivity index (χ0n) is 5.37. The Labute approximate surface area is 54.3 Å². The Hall–Kier alpha value is -0.140. The molecule has 9 heavy (non-hydrogen) atoms. The zero-order chi connectivity index (χ0) is 6.91. The van der Waals surface area contributed by atoms with Gasteiger partial charge in [0.25, 0.3) is 0 Å². The first-order valence-electron chi connectivity index (χ1n) is 3.31. The molecule has 0 aromatic heterocycles. The normalized spacial score (nSPS) is 21.7. The van der Waals surface area contributed by atoms with Gasteiger partial charge in [0.15, 0.2) is 0 Å². The molecule has 0 atom stereocenters. The van der Waals surface area contributed by atoms with Crippen LogP contribution in [0.5, 0.6) is 0 Å². The van der Waals surface area contributed by atoms with E-state index in [-0.39, 0.29) is 12.3 Å². The Bertz CT molecular complexity index is 89.6. The van der Waals surface area contributed by atoms with E-state index in [1.165, 1.54) is 0 Å². The topological polar surface area (TPSA) is 0 Å². The molecule has 0 nitrogen and oxygen atoms in total.